The molecular formula is C22H23ClN4O3. The Morgan fingerprint density at radius 2 is 1.83 bits per heavy atom. The van der Waals surface area contributed by atoms with E-state index in [-0.39, 0.29) is 11.5 Å². The van der Waals surface area contributed by atoms with Gasteiger partial charge in [-0.3, -0.25) is 9.59 Å². The molecule has 1 aliphatic rings. The van der Waals surface area contributed by atoms with Crippen molar-refractivity contribution in [3.05, 3.63) is 70.2 Å². The lowest BCUT2D eigenvalue weighted by atomic mass is 10.2. The van der Waals surface area contributed by atoms with Crippen molar-refractivity contribution in [3.63, 3.8) is 0 Å². The number of aromatic nitrogens is 2. The highest BCUT2D eigenvalue weighted by Gasteiger charge is 2.22. The van der Waals surface area contributed by atoms with Crippen molar-refractivity contribution in [2.45, 2.75) is 19.4 Å². The molecule has 3 aromatic rings. The van der Waals surface area contributed by atoms with Crippen LogP contribution in [0.25, 0.3) is 11.5 Å². The molecule has 0 bridgehead atoms. The van der Waals surface area contributed by atoms with Gasteiger partial charge >= 0.3 is 0 Å². The number of piperazine rings is 1. The molecule has 0 spiro atoms. The summed E-state index contributed by atoms with van der Waals surface area (Å²) in [6, 6.07) is 14.4. The third-order valence-electron chi connectivity index (χ3n) is 5.23. The topological polar surface area (TPSA) is 71.6 Å². The van der Waals surface area contributed by atoms with E-state index in [2.05, 4.69) is 10.00 Å². The lowest BCUT2D eigenvalue weighted by molar-refractivity contribution is -0.131. The Bertz CT molecular complexity index is 1060. The number of para-hydroxylation sites is 1. The smallest absolute Gasteiger partial charge is 0.266 e. The van der Waals surface area contributed by atoms with Gasteiger partial charge in [0.05, 0.1) is 17.0 Å². The number of halogens is 1. The van der Waals surface area contributed by atoms with Gasteiger partial charge in [-0.1, -0.05) is 23.7 Å². The van der Waals surface area contributed by atoms with Gasteiger partial charge in [-0.05, 0) is 36.8 Å². The number of hydrogen-bond acceptors (Lipinski definition) is 5. The molecule has 1 fully saturated rings. The molecule has 0 saturated carbocycles. The summed E-state index contributed by atoms with van der Waals surface area (Å²) >= 11 is 6.28. The van der Waals surface area contributed by atoms with Crippen molar-refractivity contribution in [2.75, 3.05) is 31.1 Å². The average Bonchev–Trinajstić information content (AvgIpc) is 3.30. The minimum atomic E-state index is -0.189. The number of carbonyl (C=O) groups excluding carboxylic acids is 1. The van der Waals surface area contributed by atoms with E-state index in [0.29, 0.717) is 43.9 Å². The van der Waals surface area contributed by atoms with E-state index >= 15 is 0 Å². The SMILES string of the molecule is O=C(CCCn1nc(-c2ccco2)ccc1=O)N1CCN(c2ccccc2Cl)CC1. The van der Waals surface area contributed by atoms with Crippen molar-refractivity contribution < 1.29 is 9.21 Å². The maximum atomic E-state index is 12.6. The van der Waals surface area contributed by atoms with Crippen LogP contribution in [0.5, 0.6) is 0 Å². The molecule has 1 aromatic carbocycles. The first-order chi connectivity index (χ1) is 14.6. The number of nitrogens with zero attached hydrogens (tertiary/aromatic N) is 4. The minimum absolute atomic E-state index is 0.101. The number of benzene rings is 1. The van der Waals surface area contributed by atoms with E-state index in [0.717, 1.165) is 23.8 Å². The van der Waals surface area contributed by atoms with Crippen LogP contribution < -0.4 is 10.5 Å². The molecule has 3 heterocycles. The summed E-state index contributed by atoms with van der Waals surface area (Å²) in [5.74, 6) is 0.709. The number of carbonyl (C=O) groups is 1. The summed E-state index contributed by atoms with van der Waals surface area (Å²) in [5, 5.41) is 5.07. The van der Waals surface area contributed by atoms with Gasteiger partial charge in [0.2, 0.25) is 5.91 Å². The van der Waals surface area contributed by atoms with Crippen LogP contribution >= 0.6 is 11.6 Å². The average molecular weight is 427 g/mol. The summed E-state index contributed by atoms with van der Waals surface area (Å²) in [6.45, 7) is 3.22. The standard InChI is InChI=1S/C22H23ClN4O3/c23-17-5-1-2-6-19(17)25-12-14-26(15-13-25)21(28)8-3-11-27-22(29)10-9-18(24-27)20-7-4-16-30-20/h1-2,4-7,9-10,16H,3,8,11-15H2. The van der Waals surface area contributed by atoms with Crippen LogP contribution in [-0.2, 0) is 11.3 Å². The van der Waals surface area contributed by atoms with E-state index in [1.807, 2.05) is 29.2 Å². The molecule has 1 aliphatic heterocycles. The van der Waals surface area contributed by atoms with Gasteiger partial charge in [0.1, 0.15) is 5.69 Å². The predicted molar refractivity (Wildman–Crippen MR) is 116 cm³/mol. The molecule has 0 unspecified atom stereocenters. The summed E-state index contributed by atoms with van der Waals surface area (Å²) in [4.78, 5) is 28.8. The Morgan fingerprint density at radius 3 is 2.57 bits per heavy atom. The van der Waals surface area contributed by atoms with E-state index in [4.69, 9.17) is 16.0 Å². The Hall–Kier alpha value is -3.06. The second-order valence-corrected chi connectivity index (χ2v) is 7.59. The lowest BCUT2D eigenvalue weighted by Gasteiger charge is -2.36. The van der Waals surface area contributed by atoms with E-state index < -0.39 is 0 Å². The van der Waals surface area contributed by atoms with Crippen molar-refractivity contribution in [3.8, 4) is 11.5 Å². The molecule has 0 radical (unpaired) electrons. The molecule has 0 aliphatic carbocycles. The molecule has 2 aromatic heterocycles. The van der Waals surface area contributed by atoms with Gasteiger partial charge in [0.25, 0.3) is 5.56 Å². The lowest BCUT2D eigenvalue weighted by Crippen LogP contribution is -2.48. The first-order valence-electron chi connectivity index (χ1n) is 10.0. The fraction of sp³-hybridized carbons (Fsp3) is 0.318. The van der Waals surface area contributed by atoms with Crippen LogP contribution in [0.15, 0.2) is 64.0 Å². The van der Waals surface area contributed by atoms with E-state index in [9.17, 15) is 9.59 Å². The Kier molecular flexibility index (Phi) is 6.18. The number of hydrogen-bond donors (Lipinski definition) is 0. The molecule has 156 valence electrons. The fourth-order valence-electron chi connectivity index (χ4n) is 3.61. The molecule has 8 heteroatoms. The largest absolute Gasteiger partial charge is 0.463 e. The molecule has 4 rings (SSSR count). The number of furan rings is 1. The molecule has 0 atom stereocenters. The third kappa shape index (κ3) is 4.57. The second kappa shape index (κ2) is 9.17. The van der Waals surface area contributed by atoms with Gasteiger partial charge < -0.3 is 14.2 Å². The first kappa shape index (κ1) is 20.2. The van der Waals surface area contributed by atoms with Crippen LogP contribution in [-0.4, -0.2) is 46.8 Å². The van der Waals surface area contributed by atoms with Crippen molar-refractivity contribution in [1.29, 1.82) is 0 Å². The molecular weight excluding hydrogens is 404 g/mol. The van der Waals surface area contributed by atoms with Crippen molar-refractivity contribution in [1.82, 2.24) is 14.7 Å². The van der Waals surface area contributed by atoms with Gasteiger partial charge in [0.15, 0.2) is 5.76 Å². The zero-order valence-corrected chi connectivity index (χ0v) is 17.3. The molecule has 1 saturated heterocycles. The van der Waals surface area contributed by atoms with E-state index in [1.54, 1.807) is 24.5 Å². The van der Waals surface area contributed by atoms with Gasteiger partial charge in [0, 0.05) is 45.2 Å². The molecule has 0 N–H and O–H groups in total. The monoisotopic (exact) mass is 426 g/mol. The van der Waals surface area contributed by atoms with Gasteiger partial charge in [-0.15, -0.1) is 0 Å². The van der Waals surface area contributed by atoms with Gasteiger partial charge in [-0.25, -0.2) is 4.68 Å². The summed E-state index contributed by atoms with van der Waals surface area (Å²) in [7, 11) is 0. The zero-order valence-electron chi connectivity index (χ0n) is 16.5. The minimum Gasteiger partial charge on any atom is -0.463 e. The van der Waals surface area contributed by atoms with Crippen molar-refractivity contribution in [2.24, 2.45) is 0 Å². The Labute approximate surface area is 179 Å². The number of anilines is 1. The Balaban J connectivity index is 1.28. The second-order valence-electron chi connectivity index (χ2n) is 7.18. The highest BCUT2D eigenvalue weighted by molar-refractivity contribution is 6.33. The third-order valence-corrected chi connectivity index (χ3v) is 5.55. The molecule has 1 amide bonds. The zero-order chi connectivity index (χ0) is 20.9. The van der Waals surface area contributed by atoms with Crippen LogP contribution in [0.4, 0.5) is 5.69 Å². The number of rotatable bonds is 6. The maximum Gasteiger partial charge on any atom is 0.266 e. The van der Waals surface area contributed by atoms with Gasteiger partial charge in [-0.2, -0.15) is 5.10 Å². The molecule has 30 heavy (non-hydrogen) atoms. The first-order valence-corrected chi connectivity index (χ1v) is 10.4. The predicted octanol–water partition coefficient (Wildman–Crippen LogP) is 3.29. The highest BCUT2D eigenvalue weighted by atomic mass is 35.5. The molecule has 7 nitrogen and oxygen atoms in total. The normalized spacial score (nSPS) is 14.2. The Morgan fingerprint density at radius 1 is 1.03 bits per heavy atom. The van der Waals surface area contributed by atoms with E-state index in [1.165, 1.54) is 10.7 Å². The summed E-state index contributed by atoms with van der Waals surface area (Å²) in [6.07, 6.45) is 2.50. The van der Waals surface area contributed by atoms with Crippen LogP contribution in [0, 0.1) is 0 Å². The maximum absolute atomic E-state index is 12.6. The van der Waals surface area contributed by atoms with Crippen molar-refractivity contribution >= 4 is 23.2 Å². The highest BCUT2D eigenvalue weighted by Crippen LogP contribution is 2.26. The number of aryl methyl sites for hydroxylation is 1. The summed E-state index contributed by atoms with van der Waals surface area (Å²) < 4.78 is 6.72. The number of amides is 1. The van der Waals surface area contributed by atoms with Crippen LogP contribution in [0.2, 0.25) is 5.02 Å². The summed E-state index contributed by atoms with van der Waals surface area (Å²) in [5.41, 5.74) is 1.42. The van der Waals surface area contributed by atoms with Crippen LogP contribution in [0.3, 0.4) is 0 Å². The quantitative estimate of drug-likeness (QED) is 0.604. The van der Waals surface area contributed by atoms with Crippen LogP contribution in [0.1, 0.15) is 12.8 Å². The fourth-order valence-corrected chi connectivity index (χ4v) is 3.86.